The van der Waals surface area contributed by atoms with Crippen molar-refractivity contribution in [3.8, 4) is 11.5 Å². The Hall–Kier alpha value is -3.22. The van der Waals surface area contributed by atoms with Gasteiger partial charge in [0, 0.05) is 10.6 Å². The van der Waals surface area contributed by atoms with Gasteiger partial charge in [-0.1, -0.05) is 54.1 Å². The molecule has 0 saturated carbocycles. The van der Waals surface area contributed by atoms with E-state index in [1.807, 2.05) is 80.6 Å². The molecule has 0 unspecified atom stereocenters. The maximum Gasteiger partial charge on any atom is 0.293 e. The van der Waals surface area contributed by atoms with Crippen LogP contribution in [0.2, 0.25) is 5.02 Å². The number of hydrogen-bond donors (Lipinski definition) is 0. The van der Waals surface area contributed by atoms with E-state index in [1.54, 1.807) is 6.08 Å². The minimum Gasteiger partial charge on any atom is -0.491 e. The number of nitrogens with zero attached hydrogens (tertiary/aromatic N) is 1. The Labute approximate surface area is 208 Å². The van der Waals surface area contributed by atoms with Crippen LogP contribution in [0.1, 0.15) is 22.3 Å². The van der Waals surface area contributed by atoms with Crippen LogP contribution in [0.4, 0.5) is 4.79 Å². The highest BCUT2D eigenvalue weighted by atomic mass is 35.5. The molecule has 5 nitrogen and oxygen atoms in total. The quantitative estimate of drug-likeness (QED) is 0.329. The molecular weight excluding hydrogens is 470 g/mol. The van der Waals surface area contributed by atoms with Crippen LogP contribution < -0.4 is 9.47 Å². The standard InChI is InChI=1S/C27H24ClNO4S/c1-18-7-8-19(2)24(15-18)32-14-13-29-26(30)25(34-27(29)31)16-21-5-3-4-6-23(21)33-17-20-9-11-22(28)12-10-20/h3-12,15-16H,13-14,17H2,1-2H3/b25-16-. The zero-order chi connectivity index (χ0) is 24.1. The molecule has 174 valence electrons. The summed E-state index contributed by atoms with van der Waals surface area (Å²) >= 11 is 6.87. The number of halogens is 1. The molecule has 1 heterocycles. The van der Waals surface area contributed by atoms with E-state index >= 15 is 0 Å². The molecule has 0 N–H and O–H groups in total. The van der Waals surface area contributed by atoms with E-state index in [1.165, 1.54) is 4.90 Å². The molecule has 0 spiro atoms. The fourth-order valence-electron chi connectivity index (χ4n) is 3.42. The number of benzene rings is 3. The fourth-order valence-corrected chi connectivity index (χ4v) is 4.40. The average Bonchev–Trinajstić information content (AvgIpc) is 3.09. The number of hydrogen-bond acceptors (Lipinski definition) is 5. The molecule has 4 rings (SSSR count). The number of amides is 2. The van der Waals surface area contributed by atoms with E-state index < -0.39 is 0 Å². The molecule has 1 saturated heterocycles. The SMILES string of the molecule is Cc1ccc(C)c(OCCN2C(=O)S/C(=C\c3ccccc3OCc3ccc(Cl)cc3)C2=O)c1. The highest BCUT2D eigenvalue weighted by molar-refractivity contribution is 8.18. The number of imide groups is 1. The van der Waals surface area contributed by atoms with Gasteiger partial charge in [-0.25, -0.2) is 0 Å². The van der Waals surface area contributed by atoms with E-state index in [4.69, 9.17) is 21.1 Å². The van der Waals surface area contributed by atoms with Gasteiger partial charge in [-0.05, 0) is 72.6 Å². The fraction of sp³-hybridized carbons (Fsp3) is 0.185. The number of carbonyl (C=O) groups is 2. The molecule has 0 aliphatic carbocycles. The van der Waals surface area contributed by atoms with E-state index in [0.717, 1.165) is 39.8 Å². The molecule has 0 bridgehead atoms. The normalized spacial score (nSPS) is 14.7. The lowest BCUT2D eigenvalue weighted by Gasteiger charge is -2.14. The number of rotatable bonds is 8. The lowest BCUT2D eigenvalue weighted by molar-refractivity contribution is -0.123. The predicted molar refractivity (Wildman–Crippen MR) is 136 cm³/mol. The molecule has 1 aliphatic heterocycles. The molecule has 1 aliphatic rings. The first-order valence-electron chi connectivity index (χ1n) is 10.8. The van der Waals surface area contributed by atoms with Crippen molar-refractivity contribution in [2.45, 2.75) is 20.5 Å². The Balaban J connectivity index is 1.41. The zero-order valence-electron chi connectivity index (χ0n) is 18.9. The lowest BCUT2D eigenvalue weighted by atomic mass is 10.1. The first-order valence-corrected chi connectivity index (χ1v) is 12.0. The summed E-state index contributed by atoms with van der Waals surface area (Å²) in [5, 5.41) is 0.361. The lowest BCUT2D eigenvalue weighted by Crippen LogP contribution is -2.32. The monoisotopic (exact) mass is 493 g/mol. The van der Waals surface area contributed by atoms with Crippen LogP contribution in [0.15, 0.2) is 71.6 Å². The van der Waals surface area contributed by atoms with Crippen LogP contribution in [0.25, 0.3) is 6.08 Å². The van der Waals surface area contributed by atoms with Crippen LogP contribution in [0.3, 0.4) is 0 Å². The van der Waals surface area contributed by atoms with Crippen LogP contribution in [0, 0.1) is 13.8 Å². The number of carbonyl (C=O) groups excluding carboxylic acids is 2. The highest BCUT2D eigenvalue weighted by Crippen LogP contribution is 2.34. The van der Waals surface area contributed by atoms with Crippen molar-refractivity contribution >= 4 is 40.6 Å². The molecule has 34 heavy (non-hydrogen) atoms. The van der Waals surface area contributed by atoms with Crippen LogP contribution >= 0.6 is 23.4 Å². The van der Waals surface area contributed by atoms with Gasteiger partial charge < -0.3 is 9.47 Å². The number of thioether (sulfide) groups is 1. The first kappa shape index (κ1) is 23.9. The van der Waals surface area contributed by atoms with Gasteiger partial charge >= 0.3 is 0 Å². The molecule has 3 aromatic carbocycles. The Morgan fingerprint density at radius 2 is 1.71 bits per heavy atom. The van der Waals surface area contributed by atoms with Crippen molar-refractivity contribution in [1.82, 2.24) is 4.90 Å². The second-order valence-electron chi connectivity index (χ2n) is 7.90. The Morgan fingerprint density at radius 3 is 2.50 bits per heavy atom. The first-order chi connectivity index (χ1) is 16.4. The summed E-state index contributed by atoms with van der Waals surface area (Å²) in [5.41, 5.74) is 3.80. The van der Waals surface area contributed by atoms with E-state index in [2.05, 4.69) is 0 Å². The van der Waals surface area contributed by atoms with Gasteiger partial charge in [-0.15, -0.1) is 0 Å². The van der Waals surface area contributed by atoms with E-state index in [-0.39, 0.29) is 24.3 Å². The van der Waals surface area contributed by atoms with E-state index in [9.17, 15) is 9.59 Å². The van der Waals surface area contributed by atoms with Gasteiger partial charge in [0.15, 0.2) is 0 Å². The van der Waals surface area contributed by atoms with E-state index in [0.29, 0.717) is 22.3 Å². The number of aryl methyl sites for hydroxylation is 2. The van der Waals surface area contributed by atoms with Crippen molar-refractivity contribution in [2.24, 2.45) is 0 Å². The van der Waals surface area contributed by atoms with Gasteiger partial charge in [0.1, 0.15) is 24.7 Å². The van der Waals surface area contributed by atoms with Crippen LogP contribution in [-0.4, -0.2) is 29.2 Å². The Morgan fingerprint density at radius 1 is 0.941 bits per heavy atom. The molecule has 0 atom stereocenters. The summed E-state index contributed by atoms with van der Waals surface area (Å²) in [6.07, 6.45) is 1.70. The largest absolute Gasteiger partial charge is 0.491 e. The van der Waals surface area contributed by atoms with Crippen molar-refractivity contribution in [3.05, 3.63) is 98.9 Å². The van der Waals surface area contributed by atoms with Crippen molar-refractivity contribution in [2.75, 3.05) is 13.2 Å². The Bertz CT molecular complexity index is 1240. The minimum absolute atomic E-state index is 0.185. The van der Waals surface area contributed by atoms with Gasteiger partial charge in [0.25, 0.3) is 11.1 Å². The number of para-hydroxylation sites is 1. The molecule has 0 aromatic heterocycles. The summed E-state index contributed by atoms with van der Waals surface area (Å²) in [6.45, 7) is 4.73. The minimum atomic E-state index is -0.327. The van der Waals surface area contributed by atoms with Crippen molar-refractivity contribution in [1.29, 1.82) is 0 Å². The van der Waals surface area contributed by atoms with Crippen molar-refractivity contribution in [3.63, 3.8) is 0 Å². The topological polar surface area (TPSA) is 55.8 Å². The molecular formula is C27H24ClNO4S. The Kier molecular flexibility index (Phi) is 7.60. The zero-order valence-corrected chi connectivity index (χ0v) is 20.5. The third-order valence-corrected chi connectivity index (χ3v) is 6.46. The van der Waals surface area contributed by atoms with Gasteiger partial charge in [-0.3, -0.25) is 14.5 Å². The summed E-state index contributed by atoms with van der Waals surface area (Å²) in [5.74, 6) is 1.06. The molecule has 7 heteroatoms. The van der Waals surface area contributed by atoms with Gasteiger partial charge in [0.05, 0.1) is 11.4 Å². The molecule has 0 radical (unpaired) electrons. The molecule has 1 fully saturated rings. The molecule has 3 aromatic rings. The van der Waals surface area contributed by atoms with Crippen LogP contribution in [-0.2, 0) is 11.4 Å². The maximum absolute atomic E-state index is 12.9. The van der Waals surface area contributed by atoms with Gasteiger partial charge in [0.2, 0.25) is 0 Å². The molecule has 2 amide bonds. The third kappa shape index (κ3) is 5.82. The third-order valence-electron chi connectivity index (χ3n) is 5.30. The van der Waals surface area contributed by atoms with Gasteiger partial charge in [-0.2, -0.15) is 0 Å². The maximum atomic E-state index is 12.9. The van der Waals surface area contributed by atoms with Crippen molar-refractivity contribution < 1.29 is 19.1 Å². The number of ether oxygens (including phenoxy) is 2. The second kappa shape index (κ2) is 10.8. The average molecular weight is 494 g/mol. The summed E-state index contributed by atoms with van der Waals surface area (Å²) in [4.78, 5) is 27.0. The summed E-state index contributed by atoms with van der Waals surface area (Å²) < 4.78 is 11.8. The van der Waals surface area contributed by atoms with Crippen LogP contribution in [0.5, 0.6) is 11.5 Å². The summed E-state index contributed by atoms with van der Waals surface area (Å²) in [7, 11) is 0. The highest BCUT2D eigenvalue weighted by Gasteiger charge is 2.35. The summed E-state index contributed by atoms with van der Waals surface area (Å²) in [6, 6.07) is 20.8. The second-order valence-corrected chi connectivity index (χ2v) is 9.33. The smallest absolute Gasteiger partial charge is 0.293 e. The predicted octanol–water partition coefficient (Wildman–Crippen LogP) is 6.65.